The Morgan fingerprint density at radius 2 is 1.98 bits per heavy atom. The van der Waals surface area contributed by atoms with Crippen LogP contribution in [0.25, 0.3) is 0 Å². The molecule has 4 rings (SSSR count). The number of nitrogens with zero attached hydrogens (tertiary/aromatic N) is 3. The third kappa shape index (κ3) is 8.11. The van der Waals surface area contributed by atoms with Crippen LogP contribution in [0.1, 0.15) is 67.3 Å². The number of hydrazine groups is 1. The summed E-state index contributed by atoms with van der Waals surface area (Å²) >= 11 is 0. The molecular formula is C34H45N5O3. The number of hydrogen-bond donors (Lipinski definition) is 2. The lowest BCUT2D eigenvalue weighted by atomic mass is 9.72. The van der Waals surface area contributed by atoms with E-state index in [1.807, 2.05) is 57.2 Å². The van der Waals surface area contributed by atoms with E-state index in [9.17, 15) is 4.79 Å². The molecule has 8 heteroatoms. The number of carbonyl (C=O) groups excluding carboxylic acids is 1. The number of rotatable bonds is 12. The average molecular weight is 572 g/mol. The van der Waals surface area contributed by atoms with Crippen molar-refractivity contribution in [1.29, 1.82) is 0 Å². The molecule has 0 amide bonds. The van der Waals surface area contributed by atoms with E-state index in [1.165, 1.54) is 11.1 Å². The highest BCUT2D eigenvalue weighted by Crippen LogP contribution is 2.41. The molecule has 1 aliphatic rings. The Morgan fingerprint density at radius 3 is 2.74 bits per heavy atom. The number of aromatic nitrogens is 1. The fraction of sp³-hybridized carbons (Fsp3) is 0.412. The topological polar surface area (TPSA) is 107 Å². The molecule has 1 unspecified atom stereocenters. The van der Waals surface area contributed by atoms with Crippen molar-refractivity contribution < 1.29 is 14.3 Å². The van der Waals surface area contributed by atoms with Crippen molar-refractivity contribution in [2.45, 2.75) is 66.2 Å². The summed E-state index contributed by atoms with van der Waals surface area (Å²) < 4.78 is 11.8. The predicted octanol–water partition coefficient (Wildman–Crippen LogP) is 5.41. The van der Waals surface area contributed by atoms with Crippen LogP contribution in [0.5, 0.6) is 5.88 Å². The van der Waals surface area contributed by atoms with Gasteiger partial charge in [0.25, 0.3) is 0 Å². The molecule has 1 aromatic heterocycles. The summed E-state index contributed by atoms with van der Waals surface area (Å²) in [5.74, 6) is 6.33. The highest BCUT2D eigenvalue weighted by Gasteiger charge is 2.39. The van der Waals surface area contributed by atoms with Gasteiger partial charge in [0.1, 0.15) is 13.2 Å². The number of pyridine rings is 1. The summed E-state index contributed by atoms with van der Waals surface area (Å²) in [6.07, 6.45) is 4.81. The maximum Gasteiger partial charge on any atom is 0.312 e. The summed E-state index contributed by atoms with van der Waals surface area (Å²) in [6.45, 7) is 11.9. The maximum absolute atomic E-state index is 13.6. The predicted molar refractivity (Wildman–Crippen MR) is 166 cm³/mol. The largest absolute Gasteiger partial charge is 0.476 e. The first-order chi connectivity index (χ1) is 20.2. The molecule has 0 bridgehead atoms. The molecule has 4 N–H and O–H groups in total. The van der Waals surface area contributed by atoms with Crippen LogP contribution >= 0.6 is 0 Å². The van der Waals surface area contributed by atoms with Crippen LogP contribution in [-0.4, -0.2) is 40.6 Å². The van der Waals surface area contributed by atoms with Crippen LogP contribution in [-0.2, 0) is 29.2 Å². The number of aryl methyl sites for hydroxylation is 1. The molecule has 0 saturated carbocycles. The van der Waals surface area contributed by atoms with Gasteiger partial charge in [0, 0.05) is 49.8 Å². The smallest absolute Gasteiger partial charge is 0.312 e. The first kappa shape index (κ1) is 31.1. The van der Waals surface area contributed by atoms with E-state index >= 15 is 0 Å². The minimum Gasteiger partial charge on any atom is -0.476 e. The minimum atomic E-state index is -0.796. The molecule has 3 aromatic rings. The lowest BCUT2D eigenvalue weighted by Crippen LogP contribution is -2.34. The number of allylic oxidation sites excluding steroid dienone is 1. The van der Waals surface area contributed by atoms with Crippen LogP contribution in [0, 0.1) is 12.3 Å². The third-order valence-corrected chi connectivity index (χ3v) is 8.09. The molecule has 8 nitrogen and oxygen atoms in total. The van der Waals surface area contributed by atoms with E-state index in [2.05, 4.69) is 41.1 Å². The second-order valence-electron chi connectivity index (χ2n) is 11.6. The average Bonchev–Trinajstić information content (AvgIpc) is 3.19. The SMILES string of the molecule is CCN(N)/C=C(\N)CCC(c1ccc(C)c(CN2CCOc3ncccc3C2)c1)C(C)(C)C(=O)OCc1ccccc1. The summed E-state index contributed by atoms with van der Waals surface area (Å²) in [5.41, 5.74) is 11.8. The van der Waals surface area contributed by atoms with Gasteiger partial charge < -0.3 is 20.2 Å². The van der Waals surface area contributed by atoms with Crippen molar-refractivity contribution in [3.05, 3.63) is 107 Å². The highest BCUT2D eigenvalue weighted by atomic mass is 16.5. The molecule has 224 valence electrons. The van der Waals surface area contributed by atoms with Gasteiger partial charge in [-0.2, -0.15) is 0 Å². The van der Waals surface area contributed by atoms with E-state index in [0.717, 1.165) is 36.3 Å². The Balaban J connectivity index is 1.58. The number of fused-ring (bicyclic) bond motifs is 1. The lowest BCUT2D eigenvalue weighted by Gasteiger charge is -2.33. The van der Waals surface area contributed by atoms with Crippen molar-refractivity contribution >= 4 is 5.97 Å². The molecule has 42 heavy (non-hydrogen) atoms. The van der Waals surface area contributed by atoms with E-state index in [1.54, 1.807) is 17.4 Å². The van der Waals surface area contributed by atoms with Gasteiger partial charge >= 0.3 is 5.97 Å². The zero-order valence-electron chi connectivity index (χ0n) is 25.4. The molecule has 0 aliphatic carbocycles. The monoisotopic (exact) mass is 571 g/mol. The van der Waals surface area contributed by atoms with Gasteiger partial charge in [-0.1, -0.05) is 54.6 Å². The van der Waals surface area contributed by atoms with E-state index in [-0.39, 0.29) is 18.5 Å². The summed E-state index contributed by atoms with van der Waals surface area (Å²) in [6, 6.07) is 20.3. The Hall–Kier alpha value is -3.88. The number of carbonyl (C=O) groups is 1. The fourth-order valence-corrected chi connectivity index (χ4v) is 5.40. The molecule has 2 aromatic carbocycles. The molecule has 2 heterocycles. The fourth-order valence-electron chi connectivity index (χ4n) is 5.40. The van der Waals surface area contributed by atoms with Gasteiger partial charge in [0.05, 0.1) is 5.41 Å². The second-order valence-corrected chi connectivity index (χ2v) is 11.6. The van der Waals surface area contributed by atoms with Gasteiger partial charge in [0.2, 0.25) is 5.88 Å². The number of esters is 1. The van der Waals surface area contributed by atoms with E-state index in [4.69, 9.17) is 21.1 Å². The van der Waals surface area contributed by atoms with Gasteiger partial charge in [0.15, 0.2) is 0 Å². The maximum atomic E-state index is 13.6. The van der Waals surface area contributed by atoms with Crippen molar-refractivity contribution in [2.75, 3.05) is 19.7 Å². The zero-order chi connectivity index (χ0) is 30.1. The van der Waals surface area contributed by atoms with E-state index < -0.39 is 5.41 Å². The Morgan fingerprint density at radius 1 is 1.19 bits per heavy atom. The molecule has 1 aliphatic heterocycles. The Labute approximate surface area is 250 Å². The van der Waals surface area contributed by atoms with Gasteiger partial charge in [-0.15, -0.1) is 0 Å². The molecule has 0 radical (unpaired) electrons. The van der Waals surface area contributed by atoms with Crippen LogP contribution in [0.3, 0.4) is 0 Å². The number of nitrogens with two attached hydrogens (primary N) is 2. The lowest BCUT2D eigenvalue weighted by molar-refractivity contribution is -0.156. The second kappa shape index (κ2) is 14.3. The summed E-state index contributed by atoms with van der Waals surface area (Å²) in [5, 5.41) is 1.58. The van der Waals surface area contributed by atoms with Crippen molar-refractivity contribution in [1.82, 2.24) is 14.9 Å². The first-order valence-corrected chi connectivity index (χ1v) is 14.7. The normalized spacial score (nSPS) is 14.8. The minimum absolute atomic E-state index is 0.127. The van der Waals surface area contributed by atoms with Crippen LogP contribution in [0.4, 0.5) is 0 Å². The van der Waals surface area contributed by atoms with Crippen molar-refractivity contribution in [2.24, 2.45) is 17.0 Å². The summed E-state index contributed by atoms with van der Waals surface area (Å²) in [4.78, 5) is 20.4. The number of benzene rings is 2. The van der Waals surface area contributed by atoms with E-state index in [0.29, 0.717) is 37.6 Å². The Kier molecular flexibility index (Phi) is 10.6. The quantitative estimate of drug-likeness (QED) is 0.169. The van der Waals surface area contributed by atoms with Crippen molar-refractivity contribution in [3.8, 4) is 5.88 Å². The molecule has 0 fully saturated rings. The van der Waals surface area contributed by atoms with Gasteiger partial charge in [-0.05, 0) is 74.8 Å². The van der Waals surface area contributed by atoms with Crippen molar-refractivity contribution in [3.63, 3.8) is 0 Å². The molecular weight excluding hydrogens is 526 g/mol. The zero-order valence-corrected chi connectivity index (χ0v) is 25.4. The van der Waals surface area contributed by atoms with Crippen LogP contribution in [0.2, 0.25) is 0 Å². The molecule has 0 saturated heterocycles. The van der Waals surface area contributed by atoms with Gasteiger partial charge in [-0.25, -0.2) is 10.8 Å². The number of hydrogen-bond acceptors (Lipinski definition) is 8. The molecule has 0 spiro atoms. The third-order valence-electron chi connectivity index (χ3n) is 8.09. The van der Waals surface area contributed by atoms with Crippen LogP contribution < -0.4 is 16.3 Å². The Bertz CT molecular complexity index is 1360. The van der Waals surface area contributed by atoms with Gasteiger partial charge in [-0.3, -0.25) is 9.69 Å². The first-order valence-electron chi connectivity index (χ1n) is 14.7. The van der Waals surface area contributed by atoms with Crippen LogP contribution in [0.15, 0.2) is 78.8 Å². The molecule has 1 atom stereocenters. The highest BCUT2D eigenvalue weighted by molar-refractivity contribution is 5.77. The number of ether oxygens (including phenoxy) is 2. The standard InChI is InChI=1S/C34H45N5O3/c1-5-39(36)23-30(35)15-16-31(34(3,4)33(40)42-24-26-10-7-6-8-11-26)27-14-13-25(2)29(20-27)22-38-18-19-41-32-28(21-38)12-9-17-37-32/h6-14,17,20,23,31H,5,15-16,18-19,21-22,24,35-36H2,1-4H3/b30-23-. The summed E-state index contributed by atoms with van der Waals surface area (Å²) in [7, 11) is 0.